The van der Waals surface area contributed by atoms with Crippen molar-refractivity contribution >= 4 is 24.6 Å². The zero-order valence-electron chi connectivity index (χ0n) is 6.37. The van der Waals surface area contributed by atoms with E-state index in [4.69, 9.17) is 27.4 Å². The van der Waals surface area contributed by atoms with E-state index in [9.17, 15) is 4.39 Å². The van der Waals surface area contributed by atoms with Crippen LogP contribution < -0.4 is 10.4 Å². The molecule has 0 aliphatic rings. The Bertz CT molecular complexity index is 323. The normalized spacial score (nSPS) is 9.85. The summed E-state index contributed by atoms with van der Waals surface area (Å²) < 4.78 is 17.3. The molecular formula is C6H6BClFNO3. The number of halogens is 2. The molecule has 0 aliphatic heterocycles. The van der Waals surface area contributed by atoms with Crippen LogP contribution in [0, 0.1) is 5.82 Å². The number of hydrogen-bond acceptors (Lipinski definition) is 4. The summed E-state index contributed by atoms with van der Waals surface area (Å²) in [5, 5.41) is 16.6. The lowest BCUT2D eigenvalue weighted by Crippen LogP contribution is -2.22. The zero-order chi connectivity index (χ0) is 10.0. The third-order valence-corrected chi connectivity index (χ3v) is 1.60. The van der Waals surface area contributed by atoms with E-state index in [-0.39, 0.29) is 10.7 Å². The molecule has 1 aromatic carbocycles. The number of benzene rings is 1. The first kappa shape index (κ1) is 10.1. The highest BCUT2D eigenvalue weighted by Gasteiger charge is 2.18. The van der Waals surface area contributed by atoms with E-state index in [2.05, 4.69) is 4.65 Å². The third kappa shape index (κ3) is 2.24. The van der Waals surface area contributed by atoms with Gasteiger partial charge in [0.15, 0.2) is 11.6 Å². The van der Waals surface area contributed by atoms with Crippen LogP contribution >= 0.6 is 11.6 Å². The lowest BCUT2D eigenvalue weighted by molar-refractivity contribution is 0.282. The summed E-state index contributed by atoms with van der Waals surface area (Å²) in [5.41, 5.74) is 5.23. The minimum Gasteiger partial charge on any atom is -0.508 e. The molecule has 0 radical (unpaired) electrons. The van der Waals surface area contributed by atoms with Gasteiger partial charge in [-0.3, -0.25) is 0 Å². The van der Waals surface area contributed by atoms with E-state index in [1.807, 2.05) is 0 Å². The van der Waals surface area contributed by atoms with Gasteiger partial charge in [0.1, 0.15) is 0 Å². The smallest absolute Gasteiger partial charge is 0.508 e. The molecule has 0 amide bonds. The SMILES string of the molecule is Nc1ccc(Cl)c(F)c1OB(O)O. The van der Waals surface area contributed by atoms with E-state index in [0.29, 0.717) is 0 Å². The number of hydrogen-bond donors (Lipinski definition) is 3. The molecule has 0 spiro atoms. The van der Waals surface area contributed by atoms with E-state index in [1.54, 1.807) is 0 Å². The molecule has 0 saturated heterocycles. The Morgan fingerprint density at radius 3 is 2.62 bits per heavy atom. The second-order valence-corrected chi connectivity index (χ2v) is 2.63. The second-order valence-electron chi connectivity index (χ2n) is 2.22. The number of nitrogen functional groups attached to an aromatic ring is 1. The van der Waals surface area contributed by atoms with Gasteiger partial charge in [0, 0.05) is 0 Å². The fraction of sp³-hybridized carbons (Fsp3) is 0. The quantitative estimate of drug-likeness (QED) is 0.483. The van der Waals surface area contributed by atoms with E-state index < -0.39 is 18.9 Å². The first-order valence-corrected chi connectivity index (χ1v) is 3.66. The van der Waals surface area contributed by atoms with Crippen LogP contribution in [0.3, 0.4) is 0 Å². The van der Waals surface area contributed by atoms with Crippen molar-refractivity contribution in [3.63, 3.8) is 0 Å². The molecule has 0 bridgehead atoms. The van der Waals surface area contributed by atoms with E-state index in [0.717, 1.165) is 0 Å². The van der Waals surface area contributed by atoms with Gasteiger partial charge in [-0.1, -0.05) is 11.6 Å². The van der Waals surface area contributed by atoms with Crippen molar-refractivity contribution in [2.75, 3.05) is 5.73 Å². The van der Waals surface area contributed by atoms with Crippen molar-refractivity contribution in [1.82, 2.24) is 0 Å². The van der Waals surface area contributed by atoms with Crippen LogP contribution in [-0.4, -0.2) is 17.4 Å². The van der Waals surface area contributed by atoms with Crippen LogP contribution in [0.15, 0.2) is 12.1 Å². The Labute approximate surface area is 78.9 Å². The Morgan fingerprint density at radius 2 is 2.08 bits per heavy atom. The van der Waals surface area contributed by atoms with Gasteiger partial charge in [0.25, 0.3) is 0 Å². The molecule has 0 heterocycles. The van der Waals surface area contributed by atoms with Crippen molar-refractivity contribution in [3.05, 3.63) is 23.0 Å². The topological polar surface area (TPSA) is 75.7 Å². The van der Waals surface area contributed by atoms with Gasteiger partial charge in [0.05, 0.1) is 10.7 Å². The Kier molecular flexibility index (Phi) is 2.97. The molecule has 0 aromatic heterocycles. The van der Waals surface area contributed by atoms with Gasteiger partial charge < -0.3 is 20.4 Å². The van der Waals surface area contributed by atoms with Gasteiger partial charge in [-0.25, -0.2) is 4.39 Å². The first-order valence-electron chi connectivity index (χ1n) is 3.28. The summed E-state index contributed by atoms with van der Waals surface area (Å²) in [4.78, 5) is 0. The predicted molar refractivity (Wildman–Crippen MR) is 46.6 cm³/mol. The van der Waals surface area contributed by atoms with Crippen LogP contribution in [0.1, 0.15) is 0 Å². The first-order chi connectivity index (χ1) is 6.02. The highest BCUT2D eigenvalue weighted by molar-refractivity contribution is 6.34. The molecule has 13 heavy (non-hydrogen) atoms. The Hall–Kier alpha value is -0.975. The molecule has 0 aliphatic carbocycles. The minimum atomic E-state index is -2.13. The molecule has 4 N–H and O–H groups in total. The highest BCUT2D eigenvalue weighted by Crippen LogP contribution is 2.30. The van der Waals surface area contributed by atoms with Gasteiger partial charge in [-0.15, -0.1) is 0 Å². The van der Waals surface area contributed by atoms with Gasteiger partial charge in [-0.2, -0.15) is 0 Å². The Balaban J connectivity index is 3.10. The summed E-state index contributed by atoms with van der Waals surface area (Å²) in [6, 6.07) is 2.53. The van der Waals surface area contributed by atoms with Crippen LogP contribution in [0.4, 0.5) is 10.1 Å². The standard InChI is InChI=1S/C6H6BClFNO3/c8-3-1-2-4(10)6(5(3)9)13-7(11)12/h1-2,11-12H,10H2. The summed E-state index contributed by atoms with van der Waals surface area (Å²) in [5.74, 6) is -1.39. The highest BCUT2D eigenvalue weighted by atomic mass is 35.5. The largest absolute Gasteiger partial charge is 0.707 e. The molecule has 1 aromatic rings. The summed E-state index contributed by atoms with van der Waals surface area (Å²) >= 11 is 5.40. The molecule has 0 saturated carbocycles. The maximum atomic E-state index is 13.1. The van der Waals surface area contributed by atoms with Crippen molar-refractivity contribution in [2.24, 2.45) is 0 Å². The minimum absolute atomic E-state index is 0.0602. The second kappa shape index (κ2) is 3.82. The summed E-state index contributed by atoms with van der Waals surface area (Å²) in [6.07, 6.45) is 0. The predicted octanol–water partition coefficient (Wildman–Crippen LogP) is 0.410. The zero-order valence-corrected chi connectivity index (χ0v) is 7.12. The maximum Gasteiger partial charge on any atom is 0.707 e. The van der Waals surface area contributed by atoms with Gasteiger partial charge >= 0.3 is 7.32 Å². The number of rotatable bonds is 2. The fourth-order valence-electron chi connectivity index (χ4n) is 0.772. The Morgan fingerprint density at radius 1 is 1.46 bits per heavy atom. The van der Waals surface area contributed by atoms with Crippen molar-refractivity contribution in [2.45, 2.75) is 0 Å². The third-order valence-electron chi connectivity index (χ3n) is 1.30. The lowest BCUT2D eigenvalue weighted by atomic mass is 10.2. The van der Waals surface area contributed by atoms with Gasteiger partial charge in [-0.05, 0) is 12.1 Å². The molecule has 0 fully saturated rings. The summed E-state index contributed by atoms with van der Waals surface area (Å²) in [6.45, 7) is 0. The van der Waals surface area contributed by atoms with Crippen LogP contribution in [0.25, 0.3) is 0 Å². The number of anilines is 1. The van der Waals surface area contributed by atoms with Gasteiger partial charge in [0.2, 0.25) is 0 Å². The summed E-state index contributed by atoms with van der Waals surface area (Å²) in [7, 11) is -2.13. The van der Waals surface area contributed by atoms with E-state index in [1.165, 1.54) is 12.1 Å². The molecule has 0 atom stereocenters. The average Bonchev–Trinajstić information content (AvgIpc) is 2.05. The lowest BCUT2D eigenvalue weighted by Gasteiger charge is -2.09. The molecule has 0 unspecified atom stereocenters. The monoisotopic (exact) mass is 205 g/mol. The van der Waals surface area contributed by atoms with Crippen LogP contribution in [0.2, 0.25) is 5.02 Å². The molecule has 70 valence electrons. The number of nitrogens with two attached hydrogens (primary N) is 1. The van der Waals surface area contributed by atoms with Crippen molar-refractivity contribution < 1.29 is 19.1 Å². The molecule has 4 nitrogen and oxygen atoms in total. The maximum absolute atomic E-state index is 13.1. The molecular weight excluding hydrogens is 199 g/mol. The van der Waals surface area contributed by atoms with Crippen molar-refractivity contribution in [3.8, 4) is 5.75 Å². The molecule has 1 rings (SSSR count). The molecule has 7 heteroatoms. The fourth-order valence-corrected chi connectivity index (χ4v) is 0.921. The van der Waals surface area contributed by atoms with E-state index >= 15 is 0 Å². The van der Waals surface area contributed by atoms with Crippen molar-refractivity contribution in [1.29, 1.82) is 0 Å². The van der Waals surface area contributed by atoms with Crippen LogP contribution in [-0.2, 0) is 0 Å². The van der Waals surface area contributed by atoms with Crippen LogP contribution in [0.5, 0.6) is 5.75 Å². The average molecular weight is 205 g/mol.